The van der Waals surface area contributed by atoms with Crippen LogP contribution < -0.4 is 27.0 Å². The van der Waals surface area contributed by atoms with E-state index in [0.717, 1.165) is 5.56 Å². The Morgan fingerprint density at radius 3 is 1.93 bits per heavy atom. The van der Waals surface area contributed by atoms with Crippen LogP contribution in [-0.2, 0) is 36.8 Å². The quantitative estimate of drug-likeness (QED) is 0.157. The Kier molecular flexibility index (Phi) is 12.6. The van der Waals surface area contributed by atoms with Gasteiger partial charge >= 0.3 is 5.97 Å². The molecular weight excluding hydrogens is 518 g/mol. The molecule has 3 atom stereocenters. The van der Waals surface area contributed by atoms with Gasteiger partial charge in [-0.15, -0.1) is 0 Å². The second-order valence-corrected chi connectivity index (χ2v) is 9.81. The van der Waals surface area contributed by atoms with E-state index in [1.54, 1.807) is 24.3 Å². The number of benzene rings is 2. The number of phenols is 1. The number of nitrogens with two attached hydrogens (primary N) is 1. The standard InChI is InChI=1S/C28H37N5O7/c1-17(2)12-21(29)26(37)33-22(13-18-6-4-3-5-7-18)27(38)31-15-24(35)30-16-25(36)32-23(28(39)40)14-19-8-10-20(34)11-9-19/h3-11,17,21-23,34H,12-16,29H2,1-2H3,(H,30,35)(H,31,38)(H,32,36)(H,33,37)(H,39,40)/t21-,22-,23+/m0/s1. The zero-order chi connectivity index (χ0) is 29.7. The number of phenolic OH excluding ortho intramolecular Hbond substituents is 1. The summed E-state index contributed by atoms with van der Waals surface area (Å²) < 4.78 is 0. The zero-order valence-electron chi connectivity index (χ0n) is 22.6. The maximum absolute atomic E-state index is 12.9. The number of carboxylic acids is 1. The van der Waals surface area contributed by atoms with E-state index in [4.69, 9.17) is 5.73 Å². The van der Waals surface area contributed by atoms with Crippen molar-refractivity contribution in [3.05, 3.63) is 65.7 Å². The number of carbonyl (C=O) groups excluding carboxylic acids is 4. The molecule has 8 N–H and O–H groups in total. The van der Waals surface area contributed by atoms with Crippen LogP contribution in [0, 0.1) is 5.92 Å². The van der Waals surface area contributed by atoms with E-state index in [2.05, 4.69) is 21.3 Å². The summed E-state index contributed by atoms with van der Waals surface area (Å²) in [5, 5.41) is 28.5. The monoisotopic (exact) mass is 555 g/mol. The molecule has 12 heteroatoms. The Morgan fingerprint density at radius 1 is 0.750 bits per heavy atom. The van der Waals surface area contributed by atoms with Crippen molar-refractivity contribution < 1.29 is 34.2 Å². The molecule has 0 bridgehead atoms. The van der Waals surface area contributed by atoms with Gasteiger partial charge in [-0.1, -0.05) is 56.3 Å². The Bertz CT molecular complexity index is 1160. The summed E-state index contributed by atoms with van der Waals surface area (Å²) in [5.41, 5.74) is 7.34. The Morgan fingerprint density at radius 2 is 1.32 bits per heavy atom. The molecule has 2 rings (SSSR count). The summed E-state index contributed by atoms with van der Waals surface area (Å²) in [6, 6.07) is 11.9. The summed E-state index contributed by atoms with van der Waals surface area (Å²) in [6.45, 7) is 2.87. The van der Waals surface area contributed by atoms with Gasteiger partial charge in [0.1, 0.15) is 17.8 Å². The van der Waals surface area contributed by atoms with Crippen LogP contribution in [-0.4, -0.2) is 71.0 Å². The molecule has 0 saturated heterocycles. The normalized spacial score (nSPS) is 13.0. The molecule has 0 aliphatic heterocycles. The van der Waals surface area contributed by atoms with Crippen LogP contribution in [0.15, 0.2) is 54.6 Å². The van der Waals surface area contributed by atoms with Crippen LogP contribution in [0.25, 0.3) is 0 Å². The van der Waals surface area contributed by atoms with Gasteiger partial charge in [0.25, 0.3) is 0 Å². The molecule has 0 radical (unpaired) electrons. The summed E-state index contributed by atoms with van der Waals surface area (Å²) in [5.74, 6) is -3.56. The Labute approximate surface area is 232 Å². The van der Waals surface area contributed by atoms with Crippen molar-refractivity contribution in [2.24, 2.45) is 11.7 Å². The number of aliphatic carboxylic acids is 1. The van der Waals surface area contributed by atoms with Crippen LogP contribution in [0.3, 0.4) is 0 Å². The molecule has 216 valence electrons. The molecular formula is C28H37N5O7. The Hall–Kier alpha value is -4.45. The number of nitrogens with one attached hydrogen (secondary N) is 4. The number of hydrogen-bond acceptors (Lipinski definition) is 7. The van der Waals surface area contributed by atoms with Gasteiger partial charge in [-0.05, 0) is 35.6 Å². The van der Waals surface area contributed by atoms with Gasteiger partial charge in [0.15, 0.2) is 0 Å². The number of carboxylic acid groups (broad SMARTS) is 1. The predicted molar refractivity (Wildman–Crippen MR) is 147 cm³/mol. The molecule has 0 aromatic heterocycles. The van der Waals surface area contributed by atoms with Gasteiger partial charge in [-0.2, -0.15) is 0 Å². The fraction of sp³-hybridized carbons (Fsp3) is 0.393. The second kappa shape index (κ2) is 15.8. The lowest BCUT2D eigenvalue weighted by molar-refractivity contribution is -0.141. The average Bonchev–Trinajstić information content (AvgIpc) is 2.91. The molecule has 4 amide bonds. The van der Waals surface area contributed by atoms with Crippen LogP contribution in [0.1, 0.15) is 31.4 Å². The lowest BCUT2D eigenvalue weighted by Crippen LogP contribution is -2.54. The summed E-state index contributed by atoms with van der Waals surface area (Å²) in [6.07, 6.45) is 0.586. The average molecular weight is 556 g/mol. The van der Waals surface area contributed by atoms with E-state index in [1.165, 1.54) is 24.3 Å². The first-order chi connectivity index (χ1) is 18.9. The first-order valence-corrected chi connectivity index (χ1v) is 12.9. The van der Waals surface area contributed by atoms with Crippen LogP contribution >= 0.6 is 0 Å². The van der Waals surface area contributed by atoms with E-state index in [1.807, 2.05) is 19.9 Å². The fourth-order valence-electron chi connectivity index (χ4n) is 3.80. The third kappa shape index (κ3) is 11.5. The third-order valence-corrected chi connectivity index (χ3v) is 5.86. The maximum Gasteiger partial charge on any atom is 0.326 e. The molecule has 2 aromatic carbocycles. The maximum atomic E-state index is 12.9. The van der Waals surface area contributed by atoms with Crippen molar-refractivity contribution >= 4 is 29.6 Å². The van der Waals surface area contributed by atoms with Crippen molar-refractivity contribution in [3.8, 4) is 5.75 Å². The van der Waals surface area contributed by atoms with E-state index >= 15 is 0 Å². The number of rotatable bonds is 15. The molecule has 0 spiro atoms. The van der Waals surface area contributed by atoms with Gasteiger partial charge in [0, 0.05) is 12.8 Å². The van der Waals surface area contributed by atoms with Gasteiger partial charge in [-0.25, -0.2) is 4.79 Å². The molecule has 0 fully saturated rings. The van der Waals surface area contributed by atoms with Crippen molar-refractivity contribution in [1.82, 2.24) is 21.3 Å². The van der Waals surface area contributed by atoms with E-state index in [0.29, 0.717) is 12.0 Å². The lowest BCUT2D eigenvalue weighted by Gasteiger charge is -2.21. The van der Waals surface area contributed by atoms with Crippen LogP contribution in [0.4, 0.5) is 0 Å². The van der Waals surface area contributed by atoms with Crippen molar-refractivity contribution in [2.45, 2.75) is 51.2 Å². The molecule has 0 unspecified atom stereocenters. The molecule has 0 aliphatic rings. The van der Waals surface area contributed by atoms with Gasteiger partial charge in [0.05, 0.1) is 19.1 Å². The zero-order valence-corrected chi connectivity index (χ0v) is 22.6. The molecule has 0 saturated carbocycles. The highest BCUT2D eigenvalue weighted by atomic mass is 16.4. The Balaban J connectivity index is 1.88. The van der Waals surface area contributed by atoms with Crippen LogP contribution in [0.2, 0.25) is 0 Å². The summed E-state index contributed by atoms with van der Waals surface area (Å²) in [7, 11) is 0. The van der Waals surface area contributed by atoms with Gasteiger partial charge < -0.3 is 37.2 Å². The molecule has 0 heterocycles. The van der Waals surface area contributed by atoms with Gasteiger partial charge in [0.2, 0.25) is 23.6 Å². The highest BCUT2D eigenvalue weighted by Gasteiger charge is 2.25. The van der Waals surface area contributed by atoms with E-state index < -0.39 is 60.8 Å². The fourth-order valence-corrected chi connectivity index (χ4v) is 3.80. The number of amides is 4. The van der Waals surface area contributed by atoms with Crippen molar-refractivity contribution in [1.29, 1.82) is 0 Å². The first-order valence-electron chi connectivity index (χ1n) is 12.9. The predicted octanol–water partition coefficient (Wildman–Crippen LogP) is -0.163. The topological polar surface area (TPSA) is 200 Å². The number of carbonyl (C=O) groups is 5. The first kappa shape index (κ1) is 31.8. The van der Waals surface area contributed by atoms with Crippen molar-refractivity contribution in [3.63, 3.8) is 0 Å². The minimum Gasteiger partial charge on any atom is -0.508 e. The second-order valence-electron chi connectivity index (χ2n) is 9.81. The summed E-state index contributed by atoms with van der Waals surface area (Å²) >= 11 is 0. The lowest BCUT2D eigenvalue weighted by atomic mass is 10.0. The molecule has 12 nitrogen and oxygen atoms in total. The minimum atomic E-state index is -1.26. The van der Waals surface area contributed by atoms with E-state index in [9.17, 15) is 34.2 Å². The third-order valence-electron chi connectivity index (χ3n) is 5.86. The summed E-state index contributed by atoms with van der Waals surface area (Å²) in [4.78, 5) is 61.5. The van der Waals surface area contributed by atoms with Crippen molar-refractivity contribution in [2.75, 3.05) is 13.1 Å². The molecule has 0 aliphatic carbocycles. The largest absolute Gasteiger partial charge is 0.508 e. The molecule has 2 aromatic rings. The smallest absolute Gasteiger partial charge is 0.326 e. The number of aromatic hydroxyl groups is 1. The van der Waals surface area contributed by atoms with Crippen LogP contribution in [0.5, 0.6) is 5.75 Å². The molecule has 40 heavy (non-hydrogen) atoms. The minimum absolute atomic E-state index is 0.0259. The highest BCUT2D eigenvalue weighted by molar-refractivity contribution is 5.93. The highest BCUT2D eigenvalue weighted by Crippen LogP contribution is 2.11. The SMILES string of the molecule is CC(C)C[C@H](N)C(=O)N[C@@H](Cc1ccccc1)C(=O)NCC(=O)NCC(=O)N[C@H](Cc1ccc(O)cc1)C(=O)O. The number of hydrogen-bond donors (Lipinski definition) is 7. The van der Waals surface area contributed by atoms with E-state index in [-0.39, 0.29) is 24.5 Å². The van der Waals surface area contributed by atoms with Gasteiger partial charge in [-0.3, -0.25) is 19.2 Å².